The van der Waals surface area contributed by atoms with Gasteiger partial charge in [-0.05, 0) is 37.6 Å². The number of likely N-dealkylation sites (N-methyl/N-ethyl adjacent to an activating group) is 1. The van der Waals surface area contributed by atoms with Crippen LogP contribution in [0.25, 0.3) is 0 Å². The summed E-state index contributed by atoms with van der Waals surface area (Å²) < 4.78 is 0. The zero-order chi connectivity index (χ0) is 14.5. The Kier molecular flexibility index (Phi) is 6.48. The number of hydrogen-bond acceptors (Lipinski definition) is 3. The molecule has 1 aromatic heterocycles. The Morgan fingerprint density at radius 3 is 2.53 bits per heavy atom. The van der Waals surface area contributed by atoms with E-state index < -0.39 is 0 Å². The van der Waals surface area contributed by atoms with Crippen molar-refractivity contribution in [2.45, 2.75) is 66.8 Å². The predicted octanol–water partition coefficient (Wildman–Crippen LogP) is 4.43. The quantitative estimate of drug-likeness (QED) is 0.800. The molecule has 1 heterocycles. The standard InChI is InChI=1S/C16H30N2S/c1-7-17-14(8-12(2)10-16(4,5)6)9-15-11-19-13(3)18-15/h11-12,14,17H,7-10H2,1-6H3. The first-order valence-electron chi connectivity index (χ1n) is 7.44. The molecule has 2 unspecified atom stereocenters. The summed E-state index contributed by atoms with van der Waals surface area (Å²) in [5, 5.41) is 7.00. The molecule has 0 aromatic carbocycles. The van der Waals surface area contributed by atoms with Crippen LogP contribution in [-0.4, -0.2) is 17.6 Å². The molecule has 0 bridgehead atoms. The third kappa shape index (κ3) is 7.07. The van der Waals surface area contributed by atoms with Crippen LogP contribution < -0.4 is 5.32 Å². The molecule has 19 heavy (non-hydrogen) atoms. The lowest BCUT2D eigenvalue weighted by Crippen LogP contribution is -2.33. The molecule has 0 radical (unpaired) electrons. The molecule has 0 amide bonds. The smallest absolute Gasteiger partial charge is 0.0897 e. The van der Waals surface area contributed by atoms with Gasteiger partial charge in [-0.3, -0.25) is 0 Å². The van der Waals surface area contributed by atoms with Crippen molar-refractivity contribution in [3.63, 3.8) is 0 Å². The van der Waals surface area contributed by atoms with E-state index in [0.29, 0.717) is 11.5 Å². The van der Waals surface area contributed by atoms with Crippen molar-refractivity contribution in [3.8, 4) is 0 Å². The number of thiazole rings is 1. The highest BCUT2D eigenvalue weighted by molar-refractivity contribution is 7.09. The van der Waals surface area contributed by atoms with Gasteiger partial charge in [0.15, 0.2) is 0 Å². The highest BCUT2D eigenvalue weighted by Gasteiger charge is 2.19. The average Bonchev–Trinajstić information content (AvgIpc) is 2.61. The Morgan fingerprint density at radius 1 is 1.37 bits per heavy atom. The Hall–Kier alpha value is -0.410. The Labute approximate surface area is 123 Å². The van der Waals surface area contributed by atoms with E-state index in [2.05, 4.69) is 57.2 Å². The van der Waals surface area contributed by atoms with Crippen molar-refractivity contribution >= 4 is 11.3 Å². The number of nitrogens with zero attached hydrogens (tertiary/aromatic N) is 1. The third-order valence-electron chi connectivity index (χ3n) is 3.26. The zero-order valence-corrected chi connectivity index (χ0v) is 14.2. The molecule has 0 aliphatic carbocycles. The minimum absolute atomic E-state index is 0.424. The molecule has 2 nitrogen and oxygen atoms in total. The predicted molar refractivity (Wildman–Crippen MR) is 85.9 cm³/mol. The first kappa shape index (κ1) is 16.6. The van der Waals surface area contributed by atoms with Gasteiger partial charge in [0.05, 0.1) is 10.7 Å². The maximum absolute atomic E-state index is 4.59. The van der Waals surface area contributed by atoms with Crippen molar-refractivity contribution < 1.29 is 0 Å². The van der Waals surface area contributed by atoms with Gasteiger partial charge in [0.1, 0.15) is 0 Å². The van der Waals surface area contributed by atoms with Crippen molar-refractivity contribution in [1.29, 1.82) is 0 Å². The molecule has 1 rings (SSSR count). The number of aryl methyl sites for hydroxylation is 1. The van der Waals surface area contributed by atoms with Gasteiger partial charge in [-0.2, -0.15) is 0 Å². The average molecular weight is 282 g/mol. The maximum Gasteiger partial charge on any atom is 0.0897 e. The van der Waals surface area contributed by atoms with Crippen LogP contribution in [0.3, 0.4) is 0 Å². The summed E-state index contributed by atoms with van der Waals surface area (Å²) in [6.07, 6.45) is 3.58. The summed E-state index contributed by atoms with van der Waals surface area (Å²) >= 11 is 1.75. The third-order valence-corrected chi connectivity index (χ3v) is 4.08. The summed E-state index contributed by atoms with van der Waals surface area (Å²) in [6.45, 7) is 14.7. The fraction of sp³-hybridized carbons (Fsp3) is 0.812. The van der Waals surface area contributed by atoms with Crippen LogP contribution in [0, 0.1) is 18.3 Å². The second-order valence-corrected chi connectivity index (χ2v) is 7.98. The topological polar surface area (TPSA) is 24.9 Å². The molecule has 3 heteroatoms. The molecule has 0 saturated carbocycles. The Bertz CT molecular complexity index is 365. The van der Waals surface area contributed by atoms with Crippen LogP contribution in [-0.2, 0) is 6.42 Å². The molecule has 0 spiro atoms. The van der Waals surface area contributed by atoms with Crippen LogP contribution in [0.4, 0.5) is 0 Å². The normalized spacial score (nSPS) is 15.5. The van der Waals surface area contributed by atoms with E-state index in [-0.39, 0.29) is 0 Å². The van der Waals surface area contributed by atoms with Gasteiger partial charge < -0.3 is 5.32 Å². The van der Waals surface area contributed by atoms with Gasteiger partial charge in [-0.15, -0.1) is 11.3 Å². The lowest BCUT2D eigenvalue weighted by atomic mass is 9.82. The molecule has 0 saturated heterocycles. The molecule has 0 fully saturated rings. The molecule has 0 aliphatic heterocycles. The highest BCUT2D eigenvalue weighted by atomic mass is 32.1. The highest BCUT2D eigenvalue weighted by Crippen LogP contribution is 2.27. The van der Waals surface area contributed by atoms with E-state index in [9.17, 15) is 0 Å². The second kappa shape index (κ2) is 7.39. The summed E-state index contributed by atoms with van der Waals surface area (Å²) in [4.78, 5) is 4.59. The lowest BCUT2D eigenvalue weighted by Gasteiger charge is -2.27. The summed E-state index contributed by atoms with van der Waals surface area (Å²) in [5.41, 5.74) is 1.67. The van der Waals surface area contributed by atoms with Crippen LogP contribution in [0.2, 0.25) is 0 Å². The number of hydrogen-bond donors (Lipinski definition) is 1. The fourth-order valence-corrected chi connectivity index (χ4v) is 3.52. The summed E-state index contributed by atoms with van der Waals surface area (Å²) in [7, 11) is 0. The molecule has 0 aliphatic rings. The van der Waals surface area contributed by atoms with Gasteiger partial charge >= 0.3 is 0 Å². The first-order chi connectivity index (χ1) is 8.80. The number of nitrogens with one attached hydrogen (secondary N) is 1. The zero-order valence-electron chi connectivity index (χ0n) is 13.4. The summed E-state index contributed by atoms with van der Waals surface area (Å²) in [6, 6.07) is 0.559. The van der Waals surface area contributed by atoms with Crippen LogP contribution in [0.1, 0.15) is 58.2 Å². The number of aromatic nitrogens is 1. The van der Waals surface area contributed by atoms with E-state index in [0.717, 1.165) is 18.9 Å². The van der Waals surface area contributed by atoms with Crippen molar-refractivity contribution in [1.82, 2.24) is 10.3 Å². The van der Waals surface area contributed by atoms with Gasteiger partial charge in [-0.1, -0.05) is 34.6 Å². The lowest BCUT2D eigenvalue weighted by molar-refractivity contribution is 0.274. The second-order valence-electron chi connectivity index (χ2n) is 6.92. The van der Waals surface area contributed by atoms with E-state index in [1.54, 1.807) is 11.3 Å². The molecule has 1 aromatic rings. The summed E-state index contributed by atoms with van der Waals surface area (Å²) in [5.74, 6) is 0.754. The van der Waals surface area contributed by atoms with E-state index in [4.69, 9.17) is 0 Å². The van der Waals surface area contributed by atoms with Crippen molar-refractivity contribution in [2.24, 2.45) is 11.3 Å². The molecular weight excluding hydrogens is 252 g/mol. The van der Waals surface area contributed by atoms with E-state index in [1.165, 1.54) is 23.5 Å². The minimum atomic E-state index is 0.424. The van der Waals surface area contributed by atoms with Crippen LogP contribution in [0.15, 0.2) is 5.38 Å². The van der Waals surface area contributed by atoms with Gasteiger partial charge in [0, 0.05) is 17.8 Å². The Morgan fingerprint density at radius 2 is 2.05 bits per heavy atom. The largest absolute Gasteiger partial charge is 0.314 e. The van der Waals surface area contributed by atoms with Crippen molar-refractivity contribution in [2.75, 3.05) is 6.54 Å². The van der Waals surface area contributed by atoms with E-state index in [1.807, 2.05) is 0 Å². The monoisotopic (exact) mass is 282 g/mol. The van der Waals surface area contributed by atoms with Crippen molar-refractivity contribution in [3.05, 3.63) is 16.1 Å². The fourth-order valence-electron chi connectivity index (χ4n) is 2.90. The van der Waals surface area contributed by atoms with E-state index >= 15 is 0 Å². The molecular formula is C16H30N2S. The Balaban J connectivity index is 2.52. The van der Waals surface area contributed by atoms with Gasteiger partial charge in [-0.25, -0.2) is 4.98 Å². The molecule has 2 atom stereocenters. The molecule has 1 N–H and O–H groups in total. The minimum Gasteiger partial charge on any atom is -0.314 e. The molecule has 110 valence electrons. The number of rotatable bonds is 7. The van der Waals surface area contributed by atoms with Gasteiger partial charge in [0.2, 0.25) is 0 Å². The maximum atomic E-state index is 4.59. The van der Waals surface area contributed by atoms with Crippen LogP contribution >= 0.6 is 11.3 Å². The van der Waals surface area contributed by atoms with Crippen LogP contribution in [0.5, 0.6) is 0 Å². The van der Waals surface area contributed by atoms with Gasteiger partial charge in [0.25, 0.3) is 0 Å². The first-order valence-corrected chi connectivity index (χ1v) is 8.32. The SMILES string of the molecule is CCNC(Cc1csc(C)n1)CC(C)CC(C)(C)C.